The molecule has 0 radical (unpaired) electrons. The van der Waals surface area contributed by atoms with Crippen LogP contribution < -0.4 is 5.32 Å². The Morgan fingerprint density at radius 3 is 2.89 bits per heavy atom. The van der Waals surface area contributed by atoms with E-state index in [1.54, 1.807) is 24.3 Å². The van der Waals surface area contributed by atoms with E-state index >= 15 is 0 Å². The number of nitrogens with zero attached hydrogens (tertiary/aromatic N) is 2. The molecule has 7 heteroatoms. The molecule has 0 spiro atoms. The maximum absolute atomic E-state index is 14.3. The van der Waals surface area contributed by atoms with Crippen LogP contribution in [0.4, 0.5) is 8.78 Å². The van der Waals surface area contributed by atoms with E-state index in [2.05, 4.69) is 10.4 Å². The standard InChI is InChI=1S/C21H17F2N3O2/c22-13-4-5-18(17(23)9-13)26-20-15-7-12(15)8-16(20)19(25-26)21(28)24-10-11-2-1-3-14(27)6-11/h1-6,9,12,15,27H,7-8,10H2,(H,24,28)/t12-,15-/m1/s1. The summed E-state index contributed by atoms with van der Waals surface area (Å²) < 4.78 is 29.1. The zero-order chi connectivity index (χ0) is 19.4. The highest BCUT2D eigenvalue weighted by Crippen LogP contribution is 2.57. The Morgan fingerprint density at radius 2 is 2.11 bits per heavy atom. The number of benzene rings is 2. The lowest BCUT2D eigenvalue weighted by Crippen LogP contribution is -2.24. The fourth-order valence-corrected chi connectivity index (χ4v) is 4.07. The predicted molar refractivity (Wildman–Crippen MR) is 97.3 cm³/mol. The topological polar surface area (TPSA) is 67.2 Å². The van der Waals surface area contributed by atoms with Gasteiger partial charge in [-0.1, -0.05) is 12.1 Å². The van der Waals surface area contributed by atoms with Gasteiger partial charge in [-0.2, -0.15) is 5.10 Å². The number of rotatable bonds is 4. The molecule has 3 aromatic rings. The first kappa shape index (κ1) is 16.9. The number of aromatic nitrogens is 2. The van der Waals surface area contributed by atoms with Gasteiger partial charge in [0.05, 0.1) is 5.69 Å². The molecule has 28 heavy (non-hydrogen) atoms. The van der Waals surface area contributed by atoms with Crippen LogP contribution in [0.5, 0.6) is 5.75 Å². The van der Waals surface area contributed by atoms with Gasteiger partial charge < -0.3 is 10.4 Å². The third-order valence-electron chi connectivity index (χ3n) is 5.48. The summed E-state index contributed by atoms with van der Waals surface area (Å²) in [6.07, 6.45) is 1.75. The maximum Gasteiger partial charge on any atom is 0.272 e. The number of amides is 1. The van der Waals surface area contributed by atoms with E-state index in [0.29, 0.717) is 5.92 Å². The zero-order valence-corrected chi connectivity index (χ0v) is 14.8. The molecule has 0 bridgehead atoms. The third-order valence-corrected chi connectivity index (χ3v) is 5.48. The van der Waals surface area contributed by atoms with E-state index < -0.39 is 11.6 Å². The Morgan fingerprint density at radius 1 is 1.25 bits per heavy atom. The highest BCUT2D eigenvalue weighted by Gasteiger charge is 2.50. The van der Waals surface area contributed by atoms with Crippen molar-refractivity contribution in [3.05, 3.63) is 76.6 Å². The lowest BCUT2D eigenvalue weighted by atomic mass is 10.1. The van der Waals surface area contributed by atoms with Gasteiger partial charge in [-0.05, 0) is 48.6 Å². The van der Waals surface area contributed by atoms with E-state index in [9.17, 15) is 18.7 Å². The molecule has 142 valence electrons. The monoisotopic (exact) mass is 381 g/mol. The van der Waals surface area contributed by atoms with Crippen molar-refractivity contribution in [3.63, 3.8) is 0 Å². The lowest BCUT2D eigenvalue weighted by Gasteiger charge is -2.07. The highest BCUT2D eigenvalue weighted by molar-refractivity contribution is 5.94. The van der Waals surface area contributed by atoms with E-state index in [4.69, 9.17) is 0 Å². The van der Waals surface area contributed by atoms with Crippen molar-refractivity contribution >= 4 is 5.91 Å². The quantitative estimate of drug-likeness (QED) is 0.728. The Bertz CT molecular complexity index is 1110. The Hall–Kier alpha value is -3.22. The van der Waals surface area contributed by atoms with Crippen LogP contribution in [0, 0.1) is 17.6 Å². The van der Waals surface area contributed by atoms with Crippen LogP contribution in [-0.4, -0.2) is 20.8 Å². The van der Waals surface area contributed by atoms with Gasteiger partial charge in [-0.25, -0.2) is 13.5 Å². The van der Waals surface area contributed by atoms with Crippen molar-refractivity contribution in [3.8, 4) is 11.4 Å². The summed E-state index contributed by atoms with van der Waals surface area (Å²) in [7, 11) is 0. The SMILES string of the molecule is O=C(NCc1cccc(O)c1)c1nn(-c2ccc(F)cc2F)c2c1C[C@H]1C[C@@H]21. The van der Waals surface area contributed by atoms with Crippen molar-refractivity contribution in [2.75, 3.05) is 0 Å². The van der Waals surface area contributed by atoms with Crippen LogP contribution in [0.2, 0.25) is 0 Å². The minimum Gasteiger partial charge on any atom is -0.508 e. The smallest absolute Gasteiger partial charge is 0.272 e. The molecule has 1 fully saturated rings. The van der Waals surface area contributed by atoms with Gasteiger partial charge in [0, 0.05) is 24.1 Å². The van der Waals surface area contributed by atoms with Gasteiger partial charge in [-0.3, -0.25) is 4.79 Å². The number of aromatic hydroxyl groups is 1. The molecule has 1 aromatic heterocycles. The number of halogens is 2. The van der Waals surface area contributed by atoms with Crippen molar-refractivity contribution in [1.82, 2.24) is 15.1 Å². The Balaban J connectivity index is 1.47. The van der Waals surface area contributed by atoms with Gasteiger partial charge in [0.1, 0.15) is 17.3 Å². The van der Waals surface area contributed by atoms with Gasteiger partial charge in [0.25, 0.3) is 5.91 Å². The van der Waals surface area contributed by atoms with Crippen molar-refractivity contribution in [2.45, 2.75) is 25.3 Å². The fourth-order valence-electron chi connectivity index (χ4n) is 4.07. The van der Waals surface area contributed by atoms with Gasteiger partial charge >= 0.3 is 0 Å². The van der Waals surface area contributed by atoms with Crippen LogP contribution >= 0.6 is 0 Å². The third kappa shape index (κ3) is 2.74. The number of nitrogens with one attached hydrogen (secondary N) is 1. The number of carbonyl (C=O) groups is 1. The molecular weight excluding hydrogens is 364 g/mol. The first-order valence-corrected chi connectivity index (χ1v) is 9.14. The Kier molecular flexibility index (Phi) is 3.72. The number of hydrogen-bond donors (Lipinski definition) is 2. The molecule has 0 saturated heterocycles. The molecule has 5 nitrogen and oxygen atoms in total. The van der Waals surface area contributed by atoms with E-state index in [1.165, 1.54) is 16.8 Å². The largest absolute Gasteiger partial charge is 0.508 e. The summed E-state index contributed by atoms with van der Waals surface area (Å²) in [4.78, 5) is 12.8. The van der Waals surface area contributed by atoms with E-state index in [1.807, 2.05) is 0 Å². The first-order chi connectivity index (χ1) is 13.5. The lowest BCUT2D eigenvalue weighted by molar-refractivity contribution is 0.0944. The van der Waals surface area contributed by atoms with Gasteiger partial charge in [-0.15, -0.1) is 0 Å². The molecule has 2 atom stereocenters. The van der Waals surface area contributed by atoms with E-state index in [-0.39, 0.29) is 35.5 Å². The molecule has 0 unspecified atom stereocenters. The van der Waals surface area contributed by atoms with Crippen molar-refractivity contribution in [2.24, 2.45) is 5.92 Å². The summed E-state index contributed by atoms with van der Waals surface area (Å²) >= 11 is 0. The summed E-state index contributed by atoms with van der Waals surface area (Å²) in [5, 5.41) is 16.7. The zero-order valence-electron chi connectivity index (χ0n) is 14.8. The number of phenolic OH excluding ortho intramolecular Hbond substituents is 1. The van der Waals surface area contributed by atoms with Crippen LogP contribution in [0.3, 0.4) is 0 Å². The normalized spacial score (nSPS) is 19.2. The minimum atomic E-state index is -0.707. The molecule has 5 rings (SSSR count). The summed E-state index contributed by atoms with van der Waals surface area (Å²) in [5.41, 5.74) is 2.90. The molecule has 2 N–H and O–H groups in total. The molecular formula is C21H17F2N3O2. The van der Waals surface area contributed by atoms with Crippen molar-refractivity contribution < 1.29 is 18.7 Å². The van der Waals surface area contributed by atoms with Crippen LogP contribution in [0.15, 0.2) is 42.5 Å². The number of carbonyl (C=O) groups excluding carboxylic acids is 1. The summed E-state index contributed by atoms with van der Waals surface area (Å²) in [6, 6.07) is 10.00. The molecule has 1 saturated carbocycles. The number of hydrogen-bond acceptors (Lipinski definition) is 3. The minimum absolute atomic E-state index is 0.129. The molecule has 2 aliphatic rings. The van der Waals surface area contributed by atoms with E-state index in [0.717, 1.165) is 35.7 Å². The number of phenols is 1. The highest BCUT2D eigenvalue weighted by atomic mass is 19.1. The molecule has 1 heterocycles. The summed E-state index contributed by atoms with van der Waals surface area (Å²) in [6.45, 7) is 0.243. The summed E-state index contributed by atoms with van der Waals surface area (Å²) in [5.74, 6) is -0.828. The van der Waals surface area contributed by atoms with Crippen LogP contribution in [-0.2, 0) is 13.0 Å². The van der Waals surface area contributed by atoms with Gasteiger partial charge in [0.15, 0.2) is 11.5 Å². The molecule has 2 aliphatic carbocycles. The average molecular weight is 381 g/mol. The average Bonchev–Trinajstić information content (AvgIpc) is 3.16. The molecule has 0 aliphatic heterocycles. The van der Waals surface area contributed by atoms with Gasteiger partial charge in [0.2, 0.25) is 0 Å². The second-order valence-electron chi connectivity index (χ2n) is 7.38. The molecule has 2 aromatic carbocycles. The van der Waals surface area contributed by atoms with Crippen molar-refractivity contribution in [1.29, 1.82) is 0 Å². The van der Waals surface area contributed by atoms with Crippen LogP contribution in [0.25, 0.3) is 5.69 Å². The second kappa shape index (κ2) is 6.15. The fraction of sp³-hybridized carbons (Fsp3) is 0.238. The second-order valence-corrected chi connectivity index (χ2v) is 7.38. The Labute approximate surface area is 159 Å². The first-order valence-electron chi connectivity index (χ1n) is 9.14. The predicted octanol–water partition coefficient (Wildman–Crippen LogP) is 3.45. The maximum atomic E-state index is 14.3. The van der Waals surface area contributed by atoms with Crippen LogP contribution in [0.1, 0.15) is 39.6 Å². The molecule has 1 amide bonds. The number of fused-ring (bicyclic) bond motifs is 3.